The molecule has 0 spiro atoms. The number of halogens is 2. The molecule has 0 heterocycles. The van der Waals surface area contributed by atoms with Gasteiger partial charge in [-0.2, -0.15) is 0 Å². The lowest BCUT2D eigenvalue weighted by Gasteiger charge is -2.48. The van der Waals surface area contributed by atoms with E-state index in [2.05, 4.69) is 10.0 Å². The monoisotopic (exact) mass is 430 g/mol. The minimum Gasteiger partial charge on any atom is -0.351 e. The summed E-state index contributed by atoms with van der Waals surface area (Å²) >= 11 is 6.19. The fourth-order valence-electron chi connectivity index (χ4n) is 4.11. The number of aryl methyl sites for hydroxylation is 1. The number of amides is 1. The number of hydrogen-bond donors (Lipinski definition) is 2. The molecule has 0 saturated heterocycles. The average Bonchev–Trinajstić information content (AvgIpc) is 3.40. The lowest BCUT2D eigenvalue weighted by Crippen LogP contribution is -2.55. The lowest BCUT2D eigenvalue weighted by molar-refractivity contribution is 0.0661. The summed E-state index contributed by atoms with van der Waals surface area (Å²) in [5, 5.41) is 3.43. The highest BCUT2D eigenvalue weighted by molar-refractivity contribution is 7.89. The van der Waals surface area contributed by atoms with Crippen molar-refractivity contribution in [3.63, 3.8) is 0 Å². The van der Waals surface area contributed by atoms with Gasteiger partial charge in [0.05, 0.1) is 23.0 Å². The van der Waals surface area contributed by atoms with Crippen molar-refractivity contribution >= 4 is 27.5 Å². The second-order valence-corrected chi connectivity index (χ2v) is 10.7. The Hall–Kier alpha value is -1.18. The third-order valence-corrected chi connectivity index (χ3v) is 7.49. The van der Waals surface area contributed by atoms with Gasteiger partial charge in [0, 0.05) is 12.6 Å². The van der Waals surface area contributed by atoms with Crippen LogP contribution in [0.1, 0.15) is 54.4 Å². The first-order chi connectivity index (χ1) is 13.2. The maximum atomic E-state index is 12.6. The fraction of sp³-hybridized carbons (Fsp3) is 0.650. The summed E-state index contributed by atoms with van der Waals surface area (Å²) in [7, 11) is -3.45. The molecule has 2 saturated carbocycles. The number of benzene rings is 1. The largest absolute Gasteiger partial charge is 0.351 e. The molecule has 5 nitrogen and oxygen atoms in total. The van der Waals surface area contributed by atoms with E-state index >= 15 is 0 Å². The van der Waals surface area contributed by atoms with E-state index in [4.69, 9.17) is 11.6 Å². The molecule has 0 atom stereocenters. The van der Waals surface area contributed by atoms with Gasteiger partial charge in [-0.3, -0.25) is 9.18 Å². The van der Waals surface area contributed by atoms with Crippen molar-refractivity contribution in [3.8, 4) is 0 Å². The van der Waals surface area contributed by atoms with Crippen LogP contribution < -0.4 is 10.0 Å². The normalized spacial score (nSPS) is 24.6. The molecular weight excluding hydrogens is 403 g/mol. The van der Waals surface area contributed by atoms with Gasteiger partial charge < -0.3 is 5.32 Å². The van der Waals surface area contributed by atoms with Crippen LogP contribution in [-0.4, -0.2) is 39.3 Å². The molecule has 1 amide bonds. The van der Waals surface area contributed by atoms with Gasteiger partial charge in [-0.05, 0) is 61.6 Å². The molecule has 2 N–H and O–H groups in total. The summed E-state index contributed by atoms with van der Waals surface area (Å²) in [6.45, 7) is 1.79. The molecule has 0 radical (unpaired) electrons. The van der Waals surface area contributed by atoms with Crippen LogP contribution in [-0.2, 0) is 10.0 Å². The highest BCUT2D eigenvalue weighted by atomic mass is 35.5. The van der Waals surface area contributed by atoms with Crippen LogP contribution in [0.3, 0.4) is 0 Å². The van der Waals surface area contributed by atoms with Crippen molar-refractivity contribution in [1.29, 1.82) is 0 Å². The fourth-order valence-corrected chi connectivity index (χ4v) is 5.71. The van der Waals surface area contributed by atoms with E-state index in [1.54, 1.807) is 12.1 Å². The Labute approximate surface area is 171 Å². The molecule has 2 aliphatic carbocycles. The summed E-state index contributed by atoms with van der Waals surface area (Å²) in [5.41, 5.74) is 1.37. The highest BCUT2D eigenvalue weighted by Gasteiger charge is 2.48. The van der Waals surface area contributed by atoms with E-state index < -0.39 is 16.7 Å². The Morgan fingerprint density at radius 2 is 2.04 bits per heavy atom. The molecule has 0 aromatic heterocycles. The Balaban J connectivity index is 1.57. The van der Waals surface area contributed by atoms with Crippen LogP contribution in [0.5, 0.6) is 0 Å². The predicted molar refractivity (Wildman–Crippen MR) is 109 cm³/mol. The quantitative estimate of drug-likeness (QED) is 0.595. The number of carbonyl (C=O) groups excluding carboxylic acids is 1. The number of nitrogens with one attached hydrogen (secondary N) is 2. The van der Waals surface area contributed by atoms with Gasteiger partial charge in [0.1, 0.15) is 0 Å². The number of hydrogen-bond acceptors (Lipinski definition) is 3. The van der Waals surface area contributed by atoms with Crippen molar-refractivity contribution in [2.75, 3.05) is 19.0 Å². The minimum atomic E-state index is -3.45. The zero-order valence-electron chi connectivity index (χ0n) is 16.1. The summed E-state index contributed by atoms with van der Waals surface area (Å²) in [4.78, 5) is 12.6. The predicted octanol–water partition coefficient (Wildman–Crippen LogP) is 3.61. The van der Waals surface area contributed by atoms with Gasteiger partial charge in [0.2, 0.25) is 10.0 Å². The minimum absolute atomic E-state index is 0.0165. The number of carbonyl (C=O) groups is 1. The molecule has 3 rings (SSSR count). The molecule has 28 heavy (non-hydrogen) atoms. The molecule has 0 bridgehead atoms. The van der Waals surface area contributed by atoms with E-state index in [0.29, 0.717) is 35.9 Å². The van der Waals surface area contributed by atoms with Crippen LogP contribution in [0, 0.1) is 18.3 Å². The number of sulfonamides is 1. The standard InChI is InChI=1S/C20H28ClFN2O3S/c1-14-3-6-17(18(21)9-14)19(25)23-13-20(10-15-4-5-15)11-16(12-20)24-28(26,27)8-2-7-22/h3,6,9,15-16,24H,2,4-5,7-8,10-13H2,1H3,(H,23,25)/t16-,20+. The third-order valence-electron chi connectivity index (χ3n) is 5.66. The van der Waals surface area contributed by atoms with Gasteiger partial charge in [0.25, 0.3) is 5.91 Å². The molecule has 2 fully saturated rings. The van der Waals surface area contributed by atoms with Crippen molar-refractivity contribution in [1.82, 2.24) is 10.0 Å². The highest BCUT2D eigenvalue weighted by Crippen LogP contribution is 2.51. The number of alkyl halides is 1. The maximum absolute atomic E-state index is 12.6. The zero-order valence-corrected chi connectivity index (χ0v) is 17.7. The van der Waals surface area contributed by atoms with Gasteiger partial charge >= 0.3 is 0 Å². The summed E-state index contributed by atoms with van der Waals surface area (Å²) in [6.07, 6.45) is 4.81. The van der Waals surface area contributed by atoms with Crippen LogP contribution in [0.25, 0.3) is 0 Å². The van der Waals surface area contributed by atoms with Crippen molar-refractivity contribution < 1.29 is 17.6 Å². The molecule has 0 aliphatic heterocycles. The molecule has 1 aromatic carbocycles. The average molecular weight is 431 g/mol. The van der Waals surface area contributed by atoms with Crippen molar-refractivity contribution in [2.24, 2.45) is 11.3 Å². The molecule has 156 valence electrons. The Morgan fingerprint density at radius 1 is 1.32 bits per heavy atom. The third kappa shape index (κ3) is 5.67. The molecule has 2 aliphatic rings. The summed E-state index contributed by atoms with van der Waals surface area (Å²) in [6, 6.07) is 5.21. The second kappa shape index (κ2) is 8.67. The first-order valence-electron chi connectivity index (χ1n) is 9.82. The topological polar surface area (TPSA) is 75.3 Å². The first-order valence-corrected chi connectivity index (χ1v) is 11.9. The van der Waals surface area contributed by atoms with Gasteiger partial charge in [-0.1, -0.05) is 30.5 Å². The lowest BCUT2D eigenvalue weighted by atomic mass is 9.63. The molecule has 0 unspecified atom stereocenters. The van der Waals surface area contributed by atoms with E-state index in [1.165, 1.54) is 12.8 Å². The van der Waals surface area contributed by atoms with E-state index in [9.17, 15) is 17.6 Å². The SMILES string of the molecule is Cc1ccc(C(=O)NC[C@]2(CC3CC3)C[C@H](NS(=O)(=O)CCCF)C2)c(Cl)c1. The summed E-state index contributed by atoms with van der Waals surface area (Å²) in [5.74, 6) is 0.286. The van der Waals surface area contributed by atoms with Crippen molar-refractivity contribution in [2.45, 2.75) is 51.5 Å². The maximum Gasteiger partial charge on any atom is 0.252 e. The van der Waals surface area contributed by atoms with E-state index in [-0.39, 0.29) is 29.5 Å². The van der Waals surface area contributed by atoms with Gasteiger partial charge in [0.15, 0.2) is 0 Å². The second-order valence-electron chi connectivity index (χ2n) is 8.40. The molecule has 8 heteroatoms. The van der Waals surface area contributed by atoms with E-state index in [0.717, 1.165) is 12.0 Å². The van der Waals surface area contributed by atoms with Crippen LogP contribution in [0.15, 0.2) is 18.2 Å². The molecule has 1 aromatic rings. The Bertz CT molecular complexity index is 821. The smallest absolute Gasteiger partial charge is 0.252 e. The van der Waals surface area contributed by atoms with Crippen molar-refractivity contribution in [3.05, 3.63) is 34.3 Å². The van der Waals surface area contributed by atoms with Gasteiger partial charge in [-0.25, -0.2) is 13.1 Å². The molecular formula is C20H28ClFN2O3S. The summed E-state index contributed by atoms with van der Waals surface area (Å²) < 4.78 is 38.9. The van der Waals surface area contributed by atoms with Crippen LogP contribution in [0.4, 0.5) is 4.39 Å². The number of rotatable bonds is 10. The Kier molecular flexibility index (Phi) is 6.67. The zero-order chi connectivity index (χ0) is 20.4. The van der Waals surface area contributed by atoms with E-state index in [1.807, 2.05) is 13.0 Å². The van der Waals surface area contributed by atoms with Gasteiger partial charge in [-0.15, -0.1) is 0 Å². The van der Waals surface area contributed by atoms with Crippen LogP contribution >= 0.6 is 11.6 Å². The Morgan fingerprint density at radius 3 is 2.64 bits per heavy atom. The van der Waals surface area contributed by atoms with Crippen LogP contribution in [0.2, 0.25) is 5.02 Å². The first kappa shape index (κ1) is 21.5.